The third kappa shape index (κ3) is 5.47. The first kappa shape index (κ1) is 23.3. The van der Waals surface area contributed by atoms with Crippen molar-refractivity contribution in [3.63, 3.8) is 0 Å². The first-order valence-corrected chi connectivity index (χ1v) is 12.5. The van der Waals surface area contributed by atoms with E-state index in [0.29, 0.717) is 6.54 Å². The molecule has 1 unspecified atom stereocenters. The van der Waals surface area contributed by atoms with E-state index < -0.39 is 6.10 Å². The minimum atomic E-state index is -0.563. The predicted octanol–water partition coefficient (Wildman–Crippen LogP) is 5.23. The number of aryl methyl sites for hydroxylation is 2. The van der Waals surface area contributed by atoms with E-state index in [9.17, 15) is 5.11 Å². The zero-order valence-corrected chi connectivity index (χ0v) is 20.3. The molecule has 1 N–H and O–H groups in total. The number of ether oxygens (including phenoxy) is 1. The van der Waals surface area contributed by atoms with Crippen LogP contribution in [0.5, 0.6) is 5.75 Å². The Morgan fingerprint density at radius 2 is 1.63 bits per heavy atom. The Labute approximate surface area is 207 Å². The van der Waals surface area contributed by atoms with E-state index in [1.54, 1.807) is 6.20 Å². The Kier molecular flexibility index (Phi) is 7.26. The van der Waals surface area contributed by atoms with Crippen molar-refractivity contribution < 1.29 is 9.84 Å². The molecular weight excluding hydrogens is 434 g/mol. The fourth-order valence-corrected chi connectivity index (χ4v) is 5.00. The van der Waals surface area contributed by atoms with Gasteiger partial charge >= 0.3 is 0 Å². The van der Waals surface area contributed by atoms with Gasteiger partial charge < -0.3 is 19.6 Å². The quantitative estimate of drug-likeness (QED) is 0.365. The van der Waals surface area contributed by atoms with Crippen molar-refractivity contribution in [1.29, 1.82) is 0 Å². The zero-order valence-electron chi connectivity index (χ0n) is 20.3. The van der Waals surface area contributed by atoms with Gasteiger partial charge in [0.05, 0.1) is 5.52 Å². The van der Waals surface area contributed by atoms with Crippen molar-refractivity contribution in [2.24, 2.45) is 0 Å². The minimum absolute atomic E-state index is 0.255. The summed E-state index contributed by atoms with van der Waals surface area (Å²) in [7, 11) is 2.06. The number of benzene rings is 3. The average Bonchev–Trinajstić information content (AvgIpc) is 3.04. The van der Waals surface area contributed by atoms with E-state index in [2.05, 4.69) is 70.4 Å². The molecule has 4 aromatic rings. The van der Waals surface area contributed by atoms with Crippen molar-refractivity contribution in [1.82, 2.24) is 9.88 Å². The lowest BCUT2D eigenvalue weighted by molar-refractivity contribution is 0.0768. The zero-order chi connectivity index (χ0) is 24.0. The van der Waals surface area contributed by atoms with E-state index in [1.807, 2.05) is 30.3 Å². The van der Waals surface area contributed by atoms with Crippen LogP contribution < -0.4 is 9.64 Å². The van der Waals surface area contributed by atoms with Crippen molar-refractivity contribution in [2.75, 3.05) is 38.2 Å². The second-order valence-corrected chi connectivity index (χ2v) is 9.32. The van der Waals surface area contributed by atoms with Crippen LogP contribution in [0.4, 0.5) is 11.4 Å². The molecule has 35 heavy (non-hydrogen) atoms. The molecule has 1 aliphatic heterocycles. The second kappa shape index (κ2) is 10.9. The molecular formula is C30H33N3O2. The van der Waals surface area contributed by atoms with Crippen LogP contribution in [-0.4, -0.2) is 54.4 Å². The number of nitrogens with zero attached hydrogens (tertiary/aromatic N) is 3. The Morgan fingerprint density at radius 3 is 2.37 bits per heavy atom. The summed E-state index contributed by atoms with van der Waals surface area (Å²) in [6, 6.07) is 27.3. The molecule has 1 atom stereocenters. The molecule has 5 heteroatoms. The van der Waals surface area contributed by atoms with Crippen LogP contribution in [0.3, 0.4) is 0 Å². The van der Waals surface area contributed by atoms with Crippen molar-refractivity contribution in [3.05, 3.63) is 96.2 Å². The number of likely N-dealkylation sites (N-methyl/N-ethyl adjacent to an activating group) is 1. The molecule has 1 aromatic heterocycles. The maximum Gasteiger partial charge on any atom is 0.128 e. The van der Waals surface area contributed by atoms with Gasteiger partial charge in [-0.2, -0.15) is 0 Å². The van der Waals surface area contributed by atoms with Crippen molar-refractivity contribution >= 4 is 22.3 Å². The lowest BCUT2D eigenvalue weighted by atomic mass is 10.0. The number of aliphatic hydroxyl groups excluding tert-OH is 1. The highest BCUT2D eigenvalue weighted by atomic mass is 16.5. The number of hydrogen-bond acceptors (Lipinski definition) is 5. The molecule has 5 rings (SSSR count). The number of fused-ring (bicyclic) bond motifs is 3. The summed E-state index contributed by atoms with van der Waals surface area (Å²) >= 11 is 0. The van der Waals surface area contributed by atoms with Gasteiger partial charge in [-0.05, 0) is 80.4 Å². The summed E-state index contributed by atoms with van der Waals surface area (Å²) in [4.78, 5) is 9.03. The number of anilines is 2. The van der Waals surface area contributed by atoms with Gasteiger partial charge in [-0.25, -0.2) is 0 Å². The Bertz CT molecular complexity index is 1220. The number of aliphatic hydroxyl groups is 1. The van der Waals surface area contributed by atoms with Gasteiger partial charge in [-0.15, -0.1) is 0 Å². The largest absolute Gasteiger partial charge is 0.490 e. The van der Waals surface area contributed by atoms with Crippen LogP contribution >= 0.6 is 0 Å². The van der Waals surface area contributed by atoms with Crippen LogP contribution in [0.2, 0.25) is 0 Å². The molecule has 0 spiro atoms. The molecule has 0 aliphatic carbocycles. The third-order valence-electron chi connectivity index (χ3n) is 6.71. The summed E-state index contributed by atoms with van der Waals surface area (Å²) < 4.78 is 5.95. The van der Waals surface area contributed by atoms with Gasteiger partial charge in [-0.3, -0.25) is 4.98 Å². The first-order chi connectivity index (χ1) is 17.2. The maximum atomic E-state index is 10.6. The topological polar surface area (TPSA) is 48.8 Å². The maximum absolute atomic E-state index is 10.6. The fourth-order valence-electron chi connectivity index (χ4n) is 5.00. The van der Waals surface area contributed by atoms with Gasteiger partial charge in [0.1, 0.15) is 18.5 Å². The highest BCUT2D eigenvalue weighted by Crippen LogP contribution is 2.35. The number of pyridine rings is 1. The van der Waals surface area contributed by atoms with E-state index in [0.717, 1.165) is 49.0 Å². The molecule has 2 heterocycles. The normalized spacial score (nSPS) is 13.9. The highest BCUT2D eigenvalue weighted by molar-refractivity contribution is 5.84. The smallest absolute Gasteiger partial charge is 0.128 e. The van der Waals surface area contributed by atoms with E-state index in [1.165, 1.54) is 22.5 Å². The van der Waals surface area contributed by atoms with Gasteiger partial charge in [-0.1, -0.05) is 42.5 Å². The Balaban J connectivity index is 1.16. The van der Waals surface area contributed by atoms with Gasteiger partial charge in [0.2, 0.25) is 0 Å². The molecule has 0 fully saturated rings. The average molecular weight is 468 g/mol. The molecule has 3 aromatic carbocycles. The summed E-state index contributed by atoms with van der Waals surface area (Å²) in [6.07, 6.45) is 4.36. The summed E-state index contributed by atoms with van der Waals surface area (Å²) in [5.41, 5.74) is 6.35. The number of aromatic nitrogens is 1. The Morgan fingerprint density at radius 1 is 0.914 bits per heavy atom. The molecule has 5 nitrogen and oxygen atoms in total. The summed E-state index contributed by atoms with van der Waals surface area (Å²) in [5.74, 6) is 0.760. The van der Waals surface area contributed by atoms with Crippen LogP contribution in [0.25, 0.3) is 10.9 Å². The number of hydrogen-bond donors (Lipinski definition) is 1. The molecule has 0 saturated heterocycles. The Hall–Kier alpha value is -3.41. The van der Waals surface area contributed by atoms with Crippen LogP contribution in [-0.2, 0) is 12.8 Å². The summed E-state index contributed by atoms with van der Waals surface area (Å²) in [6.45, 7) is 2.66. The van der Waals surface area contributed by atoms with E-state index in [-0.39, 0.29) is 6.61 Å². The van der Waals surface area contributed by atoms with Crippen LogP contribution in [0, 0.1) is 0 Å². The molecule has 180 valence electrons. The molecule has 0 radical (unpaired) electrons. The number of para-hydroxylation sites is 2. The molecule has 0 bridgehead atoms. The molecule has 1 aliphatic rings. The lowest BCUT2D eigenvalue weighted by Crippen LogP contribution is -2.34. The predicted molar refractivity (Wildman–Crippen MR) is 143 cm³/mol. The van der Waals surface area contributed by atoms with E-state index >= 15 is 0 Å². The van der Waals surface area contributed by atoms with Crippen molar-refractivity contribution in [2.45, 2.75) is 25.4 Å². The van der Waals surface area contributed by atoms with Gasteiger partial charge in [0, 0.05) is 36.0 Å². The fraction of sp³-hybridized carbons (Fsp3) is 0.300. The SMILES string of the molecule is CN(CCCN1c2ccccc2CCc2ccccc21)CC(O)COc1cccc2ncccc12. The molecule has 0 amide bonds. The van der Waals surface area contributed by atoms with Crippen LogP contribution in [0.15, 0.2) is 85.1 Å². The molecule has 0 saturated carbocycles. The van der Waals surface area contributed by atoms with Gasteiger partial charge in [0.15, 0.2) is 0 Å². The first-order valence-electron chi connectivity index (χ1n) is 12.5. The lowest BCUT2D eigenvalue weighted by Gasteiger charge is -2.28. The van der Waals surface area contributed by atoms with Gasteiger partial charge in [0.25, 0.3) is 0 Å². The van der Waals surface area contributed by atoms with Crippen molar-refractivity contribution in [3.8, 4) is 5.75 Å². The standard InChI is InChI=1S/C30H33N3O2/c1-32(21-25(34)22-35-30-15-6-12-27-26(30)11-7-18-31-27)19-8-20-33-28-13-4-2-9-23(28)16-17-24-10-3-5-14-29(24)33/h2-7,9-15,18,25,34H,8,16-17,19-22H2,1H3. The highest BCUT2D eigenvalue weighted by Gasteiger charge is 2.20. The monoisotopic (exact) mass is 467 g/mol. The van der Waals surface area contributed by atoms with E-state index in [4.69, 9.17) is 4.74 Å². The third-order valence-corrected chi connectivity index (χ3v) is 6.71. The second-order valence-electron chi connectivity index (χ2n) is 9.32. The summed E-state index contributed by atoms with van der Waals surface area (Å²) in [5, 5.41) is 11.6. The number of rotatable bonds is 9. The minimum Gasteiger partial charge on any atom is -0.490 e. The van der Waals surface area contributed by atoms with Crippen LogP contribution in [0.1, 0.15) is 17.5 Å².